The van der Waals surface area contributed by atoms with Gasteiger partial charge in [0.05, 0.1) is 0 Å². The molecule has 0 N–H and O–H groups in total. The Morgan fingerprint density at radius 1 is 0.406 bits per heavy atom. The molecule has 3 aromatic heterocycles. The molecule has 7 rings (SSSR count). The summed E-state index contributed by atoms with van der Waals surface area (Å²) in [5.41, 5.74) is 4.72. The second-order valence-corrected chi connectivity index (χ2v) is 12.4. The van der Waals surface area contributed by atoms with E-state index in [9.17, 15) is 0 Å². The van der Waals surface area contributed by atoms with E-state index in [2.05, 4.69) is 103 Å². The van der Waals surface area contributed by atoms with E-state index >= 15 is 0 Å². The molecule has 3 heteroatoms. The standard InChI is InChI=1S/C29H17NSe2/c1-3-16-26-18(8-1)20-10-5-12-22(28(20)31-26)24-14-7-15-25(30-24)23-13-6-11-21-19-9-2-4-17-27(19)32-29(21)23/h1-17H. The molecule has 32 heavy (non-hydrogen) atoms. The molecule has 0 saturated carbocycles. The average molecular weight is 537 g/mol. The van der Waals surface area contributed by atoms with Gasteiger partial charge in [-0.25, -0.2) is 0 Å². The molecular formula is C29H17NSe2. The Balaban J connectivity index is 1.45. The van der Waals surface area contributed by atoms with Crippen LogP contribution in [-0.2, 0) is 0 Å². The van der Waals surface area contributed by atoms with Gasteiger partial charge in [0.1, 0.15) is 0 Å². The van der Waals surface area contributed by atoms with Crippen molar-refractivity contribution in [2.75, 3.05) is 0 Å². The molecule has 150 valence electrons. The maximum atomic E-state index is 5.21. The predicted molar refractivity (Wildman–Crippen MR) is 139 cm³/mol. The van der Waals surface area contributed by atoms with E-state index in [1.165, 1.54) is 49.7 Å². The summed E-state index contributed by atoms with van der Waals surface area (Å²) in [5.74, 6) is 0. The third-order valence-electron chi connectivity index (χ3n) is 6.11. The molecule has 0 saturated heterocycles. The minimum absolute atomic E-state index is 0.318. The van der Waals surface area contributed by atoms with Crippen LogP contribution in [0, 0.1) is 0 Å². The van der Waals surface area contributed by atoms with Gasteiger partial charge in [0, 0.05) is 0 Å². The van der Waals surface area contributed by atoms with Gasteiger partial charge in [-0.05, 0) is 0 Å². The van der Waals surface area contributed by atoms with Crippen molar-refractivity contribution >= 4 is 67.6 Å². The number of rotatable bonds is 2. The van der Waals surface area contributed by atoms with Gasteiger partial charge in [-0.3, -0.25) is 0 Å². The molecule has 0 aliphatic carbocycles. The van der Waals surface area contributed by atoms with Crippen LogP contribution in [0.5, 0.6) is 0 Å². The van der Waals surface area contributed by atoms with Crippen LogP contribution in [-0.4, -0.2) is 34.0 Å². The second kappa shape index (κ2) is 7.30. The molecule has 0 aliphatic rings. The van der Waals surface area contributed by atoms with Gasteiger partial charge in [-0.15, -0.1) is 0 Å². The van der Waals surface area contributed by atoms with Gasteiger partial charge in [0.25, 0.3) is 0 Å². The molecule has 0 amide bonds. The Morgan fingerprint density at radius 3 is 1.38 bits per heavy atom. The summed E-state index contributed by atoms with van der Waals surface area (Å²) in [5, 5.41) is 5.54. The van der Waals surface area contributed by atoms with Gasteiger partial charge >= 0.3 is 198 Å². The normalized spacial score (nSPS) is 11.8. The molecule has 0 radical (unpaired) electrons. The van der Waals surface area contributed by atoms with Gasteiger partial charge in [-0.1, -0.05) is 0 Å². The third-order valence-corrected chi connectivity index (χ3v) is 11.2. The van der Waals surface area contributed by atoms with Crippen molar-refractivity contribution in [2.45, 2.75) is 0 Å². The molecule has 1 nitrogen and oxygen atoms in total. The number of benzene rings is 4. The zero-order valence-electron chi connectivity index (χ0n) is 17.1. The first-order chi connectivity index (χ1) is 15.9. The Labute approximate surface area is 197 Å². The fourth-order valence-electron chi connectivity index (χ4n) is 4.63. The van der Waals surface area contributed by atoms with E-state index in [0.717, 1.165) is 11.4 Å². The first kappa shape index (κ1) is 18.6. The molecule has 0 unspecified atom stereocenters. The number of fused-ring (bicyclic) bond motifs is 6. The van der Waals surface area contributed by atoms with Crippen molar-refractivity contribution in [1.82, 2.24) is 4.98 Å². The Bertz CT molecular complexity index is 1660. The summed E-state index contributed by atoms with van der Waals surface area (Å²) in [7, 11) is 0. The molecule has 4 aromatic carbocycles. The Morgan fingerprint density at radius 2 is 0.844 bits per heavy atom. The molecule has 3 heterocycles. The van der Waals surface area contributed by atoms with Crippen molar-refractivity contribution in [3.8, 4) is 22.5 Å². The van der Waals surface area contributed by atoms with E-state index in [0.29, 0.717) is 29.0 Å². The van der Waals surface area contributed by atoms with Gasteiger partial charge in [-0.2, -0.15) is 0 Å². The molecule has 7 aromatic rings. The van der Waals surface area contributed by atoms with Crippen molar-refractivity contribution in [3.05, 3.63) is 103 Å². The van der Waals surface area contributed by atoms with E-state index in [1.807, 2.05) is 0 Å². The van der Waals surface area contributed by atoms with E-state index in [4.69, 9.17) is 4.98 Å². The van der Waals surface area contributed by atoms with Gasteiger partial charge in [0.2, 0.25) is 0 Å². The van der Waals surface area contributed by atoms with Crippen LogP contribution in [0.2, 0.25) is 0 Å². The predicted octanol–water partition coefficient (Wildman–Crippen LogP) is 7.14. The van der Waals surface area contributed by atoms with E-state index < -0.39 is 0 Å². The summed E-state index contributed by atoms with van der Waals surface area (Å²) >= 11 is 0.637. The van der Waals surface area contributed by atoms with Crippen LogP contribution in [0.25, 0.3) is 61.1 Å². The zero-order chi connectivity index (χ0) is 21.1. The number of hydrogen-bond acceptors (Lipinski definition) is 1. The average Bonchev–Trinajstić information content (AvgIpc) is 3.42. The van der Waals surface area contributed by atoms with E-state index in [-0.39, 0.29) is 0 Å². The number of aromatic nitrogens is 1. The quantitative estimate of drug-likeness (QED) is 0.214. The van der Waals surface area contributed by atoms with Crippen LogP contribution < -0.4 is 0 Å². The maximum absolute atomic E-state index is 5.21. The number of nitrogens with zero attached hydrogens (tertiary/aromatic N) is 1. The van der Waals surface area contributed by atoms with Crippen molar-refractivity contribution in [3.63, 3.8) is 0 Å². The number of pyridine rings is 1. The van der Waals surface area contributed by atoms with Crippen LogP contribution in [0.15, 0.2) is 103 Å². The second-order valence-electron chi connectivity index (χ2n) is 7.97. The van der Waals surface area contributed by atoms with Crippen LogP contribution >= 0.6 is 0 Å². The van der Waals surface area contributed by atoms with Crippen LogP contribution in [0.1, 0.15) is 0 Å². The zero-order valence-corrected chi connectivity index (χ0v) is 20.5. The summed E-state index contributed by atoms with van der Waals surface area (Å²) in [6, 6.07) is 37.5. The summed E-state index contributed by atoms with van der Waals surface area (Å²) in [6.07, 6.45) is 0. The fraction of sp³-hybridized carbons (Fsp3) is 0. The molecule has 0 bridgehead atoms. The molecule has 0 spiro atoms. The first-order valence-corrected chi connectivity index (χ1v) is 14.1. The Kier molecular flexibility index (Phi) is 4.25. The topological polar surface area (TPSA) is 12.9 Å². The van der Waals surface area contributed by atoms with Crippen LogP contribution in [0.4, 0.5) is 0 Å². The summed E-state index contributed by atoms with van der Waals surface area (Å²) in [4.78, 5) is 5.21. The third kappa shape index (κ3) is 2.80. The van der Waals surface area contributed by atoms with Crippen molar-refractivity contribution in [2.24, 2.45) is 0 Å². The molecular weight excluding hydrogens is 520 g/mol. The van der Waals surface area contributed by atoms with Crippen molar-refractivity contribution < 1.29 is 0 Å². The Hall–Kier alpha value is -2.93. The molecule has 0 atom stereocenters. The van der Waals surface area contributed by atoms with Crippen molar-refractivity contribution in [1.29, 1.82) is 0 Å². The van der Waals surface area contributed by atoms with Crippen LogP contribution in [0.3, 0.4) is 0 Å². The SMILES string of the molecule is c1cc(-c2cccc3c2[se]c2ccccc23)nc(-c2cccc3c2[se]c2ccccc23)c1. The monoisotopic (exact) mass is 539 g/mol. The van der Waals surface area contributed by atoms with E-state index in [1.54, 1.807) is 0 Å². The number of hydrogen-bond donors (Lipinski definition) is 0. The fourth-order valence-corrected chi connectivity index (χ4v) is 9.77. The van der Waals surface area contributed by atoms with Gasteiger partial charge < -0.3 is 0 Å². The minimum atomic E-state index is 0.318. The first-order valence-electron chi connectivity index (χ1n) is 10.7. The molecule has 0 aliphatic heterocycles. The molecule has 0 fully saturated rings. The summed E-state index contributed by atoms with van der Waals surface area (Å²) < 4.78 is 5.86. The summed E-state index contributed by atoms with van der Waals surface area (Å²) in [6.45, 7) is 0. The van der Waals surface area contributed by atoms with Gasteiger partial charge in [0.15, 0.2) is 0 Å².